The fourth-order valence-corrected chi connectivity index (χ4v) is 3.10. The molecule has 4 unspecified atom stereocenters. The topological polar surface area (TPSA) is 3.24 Å². The second-order valence-electron chi connectivity index (χ2n) is 7.52. The highest BCUT2D eigenvalue weighted by atomic mass is 15.2. The van der Waals surface area contributed by atoms with Gasteiger partial charge in [0, 0.05) is 11.6 Å². The summed E-state index contributed by atoms with van der Waals surface area (Å²) in [5, 5.41) is 0. The maximum atomic E-state index is 2.52. The van der Waals surface area contributed by atoms with Gasteiger partial charge in [0.05, 0.1) is 0 Å². The third kappa shape index (κ3) is 4.28. The molecule has 0 amide bonds. The maximum absolute atomic E-state index is 2.52. The number of rotatable bonds is 5. The summed E-state index contributed by atoms with van der Waals surface area (Å²) >= 11 is 0. The molecule has 1 nitrogen and oxygen atoms in total. The van der Waals surface area contributed by atoms with Gasteiger partial charge in [-0.15, -0.1) is 0 Å². The minimum absolute atomic E-state index is 0.295. The lowest BCUT2D eigenvalue weighted by molar-refractivity contribution is 0.0964. The van der Waals surface area contributed by atoms with Crippen LogP contribution in [-0.4, -0.2) is 23.5 Å². The van der Waals surface area contributed by atoms with E-state index in [1.54, 1.807) is 0 Å². The van der Waals surface area contributed by atoms with E-state index < -0.39 is 0 Å². The highest BCUT2D eigenvalue weighted by Crippen LogP contribution is 2.39. The van der Waals surface area contributed by atoms with Gasteiger partial charge in [-0.25, -0.2) is 0 Å². The molecular formula is C16H33N. The number of nitrogens with zero attached hydrogens (tertiary/aromatic N) is 1. The summed E-state index contributed by atoms with van der Waals surface area (Å²) in [6.07, 6.45) is 5.74. The first kappa shape index (κ1) is 15.0. The van der Waals surface area contributed by atoms with Crippen LogP contribution in [-0.2, 0) is 0 Å². The summed E-state index contributed by atoms with van der Waals surface area (Å²) in [6.45, 7) is 14.2. The van der Waals surface area contributed by atoms with E-state index >= 15 is 0 Å². The minimum Gasteiger partial charge on any atom is -0.299 e. The molecule has 1 saturated carbocycles. The Labute approximate surface area is 109 Å². The molecular weight excluding hydrogens is 206 g/mol. The largest absolute Gasteiger partial charge is 0.299 e. The second kappa shape index (κ2) is 5.73. The summed E-state index contributed by atoms with van der Waals surface area (Å²) in [5.41, 5.74) is 0.295. The van der Waals surface area contributed by atoms with E-state index in [0.717, 1.165) is 17.8 Å². The molecule has 1 aliphatic rings. The molecule has 17 heavy (non-hydrogen) atoms. The molecule has 0 aromatic rings. The molecule has 0 aromatic heterocycles. The van der Waals surface area contributed by atoms with Crippen LogP contribution in [0.15, 0.2) is 0 Å². The summed E-state index contributed by atoms with van der Waals surface area (Å²) in [5.74, 6) is 2.90. The molecule has 1 aliphatic carbocycles. The Balaban J connectivity index is 2.32. The average molecular weight is 239 g/mol. The molecule has 0 heterocycles. The first-order valence-corrected chi connectivity index (χ1v) is 7.44. The Morgan fingerprint density at radius 3 is 2.12 bits per heavy atom. The first-order chi connectivity index (χ1) is 7.71. The van der Waals surface area contributed by atoms with Gasteiger partial charge in [-0.05, 0) is 71.8 Å². The zero-order chi connectivity index (χ0) is 13.2. The lowest BCUT2D eigenvalue weighted by Crippen LogP contribution is -2.44. The Hall–Kier alpha value is -0.0400. The molecule has 4 atom stereocenters. The van der Waals surface area contributed by atoms with Crippen LogP contribution in [0.2, 0.25) is 0 Å². The smallest absolute Gasteiger partial charge is 0.0124 e. The zero-order valence-electron chi connectivity index (χ0n) is 13.1. The predicted octanol–water partition coefficient (Wildman–Crippen LogP) is 4.57. The van der Waals surface area contributed by atoms with Gasteiger partial charge in [0.15, 0.2) is 0 Å². The Bertz CT molecular complexity index is 228. The molecule has 1 rings (SSSR count). The highest BCUT2D eigenvalue weighted by molar-refractivity contribution is 4.82. The van der Waals surface area contributed by atoms with Crippen LogP contribution >= 0.6 is 0 Å². The first-order valence-electron chi connectivity index (χ1n) is 7.44. The second-order valence-corrected chi connectivity index (χ2v) is 7.52. The predicted molar refractivity (Wildman–Crippen MR) is 77.3 cm³/mol. The average Bonchev–Trinajstić information content (AvgIpc) is 2.21. The van der Waals surface area contributed by atoms with E-state index in [9.17, 15) is 0 Å². The van der Waals surface area contributed by atoms with Gasteiger partial charge in [-0.1, -0.05) is 20.3 Å². The molecule has 1 heteroatoms. The monoisotopic (exact) mass is 239 g/mol. The van der Waals surface area contributed by atoms with Crippen LogP contribution in [0.3, 0.4) is 0 Å². The van der Waals surface area contributed by atoms with E-state index in [1.807, 2.05) is 0 Å². The van der Waals surface area contributed by atoms with Crippen molar-refractivity contribution in [2.45, 2.75) is 78.8 Å². The van der Waals surface area contributed by atoms with Crippen LogP contribution in [0.5, 0.6) is 0 Å². The molecule has 0 radical (unpaired) electrons. The normalized spacial score (nSPS) is 28.9. The van der Waals surface area contributed by atoms with Crippen LogP contribution in [0, 0.1) is 17.8 Å². The van der Waals surface area contributed by atoms with Crippen LogP contribution in [0.1, 0.15) is 67.2 Å². The van der Waals surface area contributed by atoms with Crippen molar-refractivity contribution in [1.29, 1.82) is 0 Å². The van der Waals surface area contributed by atoms with Gasteiger partial charge in [0.25, 0.3) is 0 Å². The Morgan fingerprint density at radius 1 is 1.18 bits per heavy atom. The molecule has 0 aromatic carbocycles. The van der Waals surface area contributed by atoms with Crippen molar-refractivity contribution in [1.82, 2.24) is 4.90 Å². The van der Waals surface area contributed by atoms with Gasteiger partial charge in [-0.2, -0.15) is 0 Å². The molecule has 102 valence electrons. The van der Waals surface area contributed by atoms with E-state index in [0.29, 0.717) is 11.6 Å². The van der Waals surface area contributed by atoms with Crippen molar-refractivity contribution in [3.63, 3.8) is 0 Å². The Kier molecular flexibility index (Phi) is 5.07. The molecule has 0 bridgehead atoms. The van der Waals surface area contributed by atoms with Gasteiger partial charge < -0.3 is 0 Å². The van der Waals surface area contributed by atoms with Crippen molar-refractivity contribution in [2.75, 3.05) is 7.05 Å². The van der Waals surface area contributed by atoms with Crippen molar-refractivity contribution in [2.24, 2.45) is 17.8 Å². The fourth-order valence-electron chi connectivity index (χ4n) is 3.10. The van der Waals surface area contributed by atoms with Crippen LogP contribution < -0.4 is 0 Å². The third-order valence-electron chi connectivity index (χ3n) is 4.97. The minimum atomic E-state index is 0.295. The van der Waals surface area contributed by atoms with Gasteiger partial charge >= 0.3 is 0 Å². The SMILES string of the molecule is CC(CC1CCC1C)CC(C)N(C)C(C)(C)C. The van der Waals surface area contributed by atoms with Crippen molar-refractivity contribution in [3.8, 4) is 0 Å². The number of hydrogen-bond acceptors (Lipinski definition) is 1. The summed E-state index contributed by atoms with van der Waals surface area (Å²) in [4.78, 5) is 2.52. The van der Waals surface area contributed by atoms with E-state index in [-0.39, 0.29) is 0 Å². The zero-order valence-corrected chi connectivity index (χ0v) is 13.1. The fraction of sp³-hybridized carbons (Fsp3) is 1.00. The number of hydrogen-bond donors (Lipinski definition) is 0. The molecule has 0 saturated heterocycles. The molecule has 0 N–H and O–H groups in total. The quantitative estimate of drug-likeness (QED) is 0.679. The van der Waals surface area contributed by atoms with Crippen molar-refractivity contribution >= 4 is 0 Å². The molecule has 0 spiro atoms. The van der Waals surface area contributed by atoms with E-state index in [2.05, 4.69) is 53.5 Å². The summed E-state index contributed by atoms with van der Waals surface area (Å²) < 4.78 is 0. The lowest BCUT2D eigenvalue weighted by Gasteiger charge is -2.40. The van der Waals surface area contributed by atoms with Gasteiger partial charge in [-0.3, -0.25) is 4.90 Å². The standard InChI is InChI=1S/C16H33N/c1-12(11-15-9-8-13(15)2)10-14(3)17(7)16(4,5)6/h12-15H,8-11H2,1-7H3. The summed E-state index contributed by atoms with van der Waals surface area (Å²) in [7, 11) is 2.27. The maximum Gasteiger partial charge on any atom is 0.0124 e. The molecule has 0 aliphatic heterocycles. The van der Waals surface area contributed by atoms with Gasteiger partial charge in [0.1, 0.15) is 0 Å². The summed E-state index contributed by atoms with van der Waals surface area (Å²) in [6, 6.07) is 0.695. The van der Waals surface area contributed by atoms with Crippen molar-refractivity contribution < 1.29 is 0 Å². The Morgan fingerprint density at radius 2 is 1.76 bits per heavy atom. The third-order valence-corrected chi connectivity index (χ3v) is 4.97. The van der Waals surface area contributed by atoms with Crippen molar-refractivity contribution in [3.05, 3.63) is 0 Å². The molecule has 1 fully saturated rings. The van der Waals surface area contributed by atoms with Crippen LogP contribution in [0.25, 0.3) is 0 Å². The van der Waals surface area contributed by atoms with Crippen LogP contribution in [0.4, 0.5) is 0 Å². The van der Waals surface area contributed by atoms with Gasteiger partial charge in [0.2, 0.25) is 0 Å². The highest BCUT2D eigenvalue weighted by Gasteiger charge is 2.29. The van der Waals surface area contributed by atoms with E-state index in [4.69, 9.17) is 0 Å². The lowest BCUT2D eigenvalue weighted by atomic mass is 9.70. The van der Waals surface area contributed by atoms with E-state index in [1.165, 1.54) is 25.7 Å².